The Balaban J connectivity index is 1.16. The molecule has 236 valence electrons. The van der Waals surface area contributed by atoms with Crippen LogP contribution in [-0.2, 0) is 30.5 Å². The van der Waals surface area contributed by atoms with Gasteiger partial charge >= 0.3 is 5.97 Å². The molecule has 4 aromatic rings. The van der Waals surface area contributed by atoms with Crippen LogP contribution in [0, 0.1) is 12.3 Å². The second-order valence-electron chi connectivity index (χ2n) is 11.5. The van der Waals surface area contributed by atoms with Crippen molar-refractivity contribution >= 4 is 29.5 Å². The first kappa shape index (κ1) is 30.4. The molecule has 2 amide bonds. The number of aryl methyl sites for hydroxylation is 1. The van der Waals surface area contributed by atoms with Crippen LogP contribution in [0.3, 0.4) is 0 Å². The minimum absolute atomic E-state index is 0.0393. The first-order valence-electron chi connectivity index (χ1n) is 15.1. The van der Waals surface area contributed by atoms with E-state index in [1.165, 1.54) is 28.5 Å². The molecule has 0 fully saturated rings. The van der Waals surface area contributed by atoms with Crippen LogP contribution in [0.25, 0.3) is 5.78 Å². The fraction of sp³-hybridized carbons (Fsp3) is 0.303. The van der Waals surface area contributed by atoms with E-state index in [-0.39, 0.29) is 48.4 Å². The van der Waals surface area contributed by atoms with Crippen LogP contribution in [0.1, 0.15) is 83.6 Å². The average Bonchev–Trinajstić information content (AvgIpc) is 3.69. The lowest BCUT2D eigenvalue weighted by molar-refractivity contribution is 0.0548. The molecule has 2 atom stereocenters. The fourth-order valence-corrected chi connectivity index (χ4v) is 6.32. The van der Waals surface area contributed by atoms with Crippen molar-refractivity contribution in [3.63, 3.8) is 0 Å². The highest BCUT2D eigenvalue weighted by molar-refractivity contribution is 5.98. The van der Waals surface area contributed by atoms with Gasteiger partial charge in [0.25, 0.3) is 17.6 Å². The summed E-state index contributed by atoms with van der Waals surface area (Å²) < 4.78 is 6.52. The van der Waals surface area contributed by atoms with Gasteiger partial charge in [-0.1, -0.05) is 36.9 Å². The van der Waals surface area contributed by atoms with Gasteiger partial charge in [-0.05, 0) is 78.5 Å². The number of hydrogen-bond donors (Lipinski definition) is 5. The molecule has 13 nitrogen and oxygen atoms in total. The van der Waals surface area contributed by atoms with E-state index in [0.717, 1.165) is 47.1 Å². The molecule has 13 heteroatoms. The second kappa shape index (κ2) is 12.8. The number of nitrogens with zero attached hydrogens (tertiary/aromatic N) is 4. The minimum atomic E-state index is -0.453. The number of rotatable bonds is 9. The zero-order valence-electron chi connectivity index (χ0n) is 25.4. The van der Waals surface area contributed by atoms with Crippen molar-refractivity contribution in [2.75, 3.05) is 6.61 Å². The van der Waals surface area contributed by atoms with Crippen LogP contribution in [0.5, 0.6) is 0 Å². The van der Waals surface area contributed by atoms with Crippen LogP contribution in [0.4, 0.5) is 0 Å². The number of guanidine groups is 1. The SMILES string of the molecule is C=CCOC(=O)c1ccc2c(c1C)CC[C@@H]2NC(=O)c1cc(C(=O)NCc2ccc3c(c2)CC(NC(=N)N)CC3)nc2ncnn12. The molecule has 0 saturated carbocycles. The molecular weight excluding hydrogens is 586 g/mol. The van der Waals surface area contributed by atoms with Gasteiger partial charge < -0.3 is 26.4 Å². The van der Waals surface area contributed by atoms with Crippen LogP contribution in [0.2, 0.25) is 0 Å². The molecule has 2 aliphatic carbocycles. The normalized spacial score (nSPS) is 16.6. The Morgan fingerprint density at radius 3 is 2.76 bits per heavy atom. The van der Waals surface area contributed by atoms with Gasteiger partial charge in [-0.3, -0.25) is 15.0 Å². The summed E-state index contributed by atoms with van der Waals surface area (Å²) in [5.41, 5.74) is 12.3. The highest BCUT2D eigenvalue weighted by atomic mass is 16.5. The van der Waals surface area contributed by atoms with Gasteiger partial charge in [0, 0.05) is 18.7 Å². The van der Waals surface area contributed by atoms with Crippen molar-refractivity contribution in [1.82, 2.24) is 35.5 Å². The van der Waals surface area contributed by atoms with Crippen molar-refractivity contribution in [2.45, 2.75) is 57.7 Å². The number of esters is 1. The molecule has 2 heterocycles. The number of nitrogens with one attached hydrogen (secondary N) is 4. The molecule has 2 aromatic heterocycles. The van der Waals surface area contributed by atoms with Crippen LogP contribution in [-0.4, -0.2) is 56.0 Å². The molecule has 46 heavy (non-hydrogen) atoms. The number of carbonyl (C=O) groups excluding carboxylic acids is 3. The maximum Gasteiger partial charge on any atom is 0.338 e. The summed E-state index contributed by atoms with van der Waals surface area (Å²) in [4.78, 5) is 47.8. The topological polar surface area (TPSA) is 189 Å². The molecule has 0 saturated heterocycles. The van der Waals surface area contributed by atoms with E-state index in [0.29, 0.717) is 18.4 Å². The smallest absolute Gasteiger partial charge is 0.338 e. The molecule has 6 rings (SSSR count). The maximum absolute atomic E-state index is 13.6. The summed E-state index contributed by atoms with van der Waals surface area (Å²) in [6.07, 6.45) is 6.67. The van der Waals surface area contributed by atoms with Crippen molar-refractivity contribution in [2.24, 2.45) is 5.73 Å². The van der Waals surface area contributed by atoms with Gasteiger partial charge in [0.15, 0.2) is 5.96 Å². The lowest BCUT2D eigenvalue weighted by Gasteiger charge is -2.26. The summed E-state index contributed by atoms with van der Waals surface area (Å²) in [5.74, 6) is -1.21. The Kier molecular flexibility index (Phi) is 8.47. The van der Waals surface area contributed by atoms with E-state index >= 15 is 0 Å². The first-order chi connectivity index (χ1) is 22.2. The number of amides is 2. The second-order valence-corrected chi connectivity index (χ2v) is 11.5. The van der Waals surface area contributed by atoms with Crippen molar-refractivity contribution < 1.29 is 19.1 Å². The molecule has 0 aliphatic heterocycles. The third-order valence-electron chi connectivity index (χ3n) is 8.58. The van der Waals surface area contributed by atoms with Crippen molar-refractivity contribution in [3.8, 4) is 0 Å². The van der Waals surface area contributed by atoms with Gasteiger partial charge in [-0.15, -0.1) is 0 Å². The standard InChI is InChI=1S/C33H35N9O4/c1-3-12-46-31(45)24-8-9-25-23(18(24)2)10-11-26(25)40-30(44)28-15-27(41-33-37-17-38-42(28)33)29(43)36-16-19-4-5-20-6-7-22(39-32(34)35)14-21(20)13-19/h3-5,8-9,13,15,17,22,26H,1,6-7,10-12,14,16H2,2H3,(H,36,43)(H,40,44)(H4,34,35,39)/t22?,26-/m0/s1. The summed E-state index contributed by atoms with van der Waals surface area (Å²) in [5, 5.41) is 20.7. The molecule has 0 bridgehead atoms. The van der Waals surface area contributed by atoms with E-state index in [2.05, 4.69) is 49.7 Å². The predicted molar refractivity (Wildman–Crippen MR) is 169 cm³/mol. The van der Waals surface area contributed by atoms with Crippen LogP contribution < -0.4 is 21.7 Å². The van der Waals surface area contributed by atoms with Gasteiger partial charge in [-0.25, -0.2) is 9.78 Å². The molecule has 2 aromatic carbocycles. The van der Waals surface area contributed by atoms with Crippen LogP contribution in [0.15, 0.2) is 55.4 Å². The van der Waals surface area contributed by atoms with E-state index in [4.69, 9.17) is 15.9 Å². The van der Waals surface area contributed by atoms with E-state index in [1.807, 2.05) is 19.1 Å². The van der Waals surface area contributed by atoms with Gasteiger partial charge in [0.05, 0.1) is 11.6 Å². The monoisotopic (exact) mass is 621 g/mol. The van der Waals surface area contributed by atoms with Crippen LogP contribution >= 0.6 is 0 Å². The zero-order valence-corrected chi connectivity index (χ0v) is 25.4. The summed E-state index contributed by atoms with van der Waals surface area (Å²) in [6, 6.07) is 10.9. The summed E-state index contributed by atoms with van der Waals surface area (Å²) >= 11 is 0. The number of nitrogens with two attached hydrogens (primary N) is 1. The predicted octanol–water partition coefficient (Wildman–Crippen LogP) is 2.46. The summed E-state index contributed by atoms with van der Waals surface area (Å²) in [7, 11) is 0. The number of ether oxygens (including phenoxy) is 1. The Morgan fingerprint density at radius 2 is 1.96 bits per heavy atom. The lowest BCUT2D eigenvalue weighted by atomic mass is 9.87. The number of benzene rings is 2. The van der Waals surface area contributed by atoms with E-state index in [9.17, 15) is 14.4 Å². The Morgan fingerprint density at radius 1 is 1.11 bits per heavy atom. The average molecular weight is 622 g/mol. The van der Waals surface area contributed by atoms with Gasteiger partial charge in [0.1, 0.15) is 24.3 Å². The first-order valence-corrected chi connectivity index (χ1v) is 15.1. The Hall–Kier alpha value is -5.59. The molecule has 1 unspecified atom stereocenters. The minimum Gasteiger partial charge on any atom is -0.458 e. The third-order valence-corrected chi connectivity index (χ3v) is 8.58. The quantitative estimate of drug-likeness (QED) is 0.0809. The molecule has 2 aliphatic rings. The highest BCUT2D eigenvalue weighted by Crippen LogP contribution is 2.35. The van der Waals surface area contributed by atoms with E-state index < -0.39 is 17.8 Å². The largest absolute Gasteiger partial charge is 0.458 e. The van der Waals surface area contributed by atoms with Crippen molar-refractivity contribution in [1.29, 1.82) is 5.41 Å². The number of aromatic nitrogens is 4. The number of carbonyl (C=O) groups is 3. The lowest BCUT2D eigenvalue weighted by Crippen LogP contribution is -2.42. The van der Waals surface area contributed by atoms with E-state index in [1.54, 1.807) is 6.07 Å². The third kappa shape index (κ3) is 6.16. The fourth-order valence-electron chi connectivity index (χ4n) is 6.32. The van der Waals surface area contributed by atoms with Gasteiger partial charge in [-0.2, -0.15) is 14.6 Å². The van der Waals surface area contributed by atoms with Gasteiger partial charge in [0.2, 0.25) is 0 Å². The highest BCUT2D eigenvalue weighted by Gasteiger charge is 2.29. The number of hydrogen-bond acceptors (Lipinski definition) is 8. The van der Waals surface area contributed by atoms with Crippen molar-refractivity contribution in [3.05, 3.63) is 106 Å². The molecule has 0 radical (unpaired) electrons. The molecule has 0 spiro atoms. The molecular formula is C33H35N9O4. The number of fused-ring (bicyclic) bond motifs is 3. The Bertz CT molecular complexity index is 1880. The zero-order chi connectivity index (χ0) is 32.4. The molecule has 6 N–H and O–H groups in total. The Labute approximate surface area is 265 Å². The maximum atomic E-state index is 13.6. The summed E-state index contributed by atoms with van der Waals surface area (Å²) in [6.45, 7) is 5.86.